The number of ether oxygens (including phenoxy) is 1. The Balaban J connectivity index is 1.64. The highest BCUT2D eigenvalue weighted by molar-refractivity contribution is 5.94. The van der Waals surface area contributed by atoms with Gasteiger partial charge in [0.25, 0.3) is 5.91 Å². The Morgan fingerprint density at radius 2 is 2.00 bits per heavy atom. The smallest absolute Gasteiger partial charge is 0.272 e. The van der Waals surface area contributed by atoms with E-state index in [0.29, 0.717) is 37.6 Å². The van der Waals surface area contributed by atoms with Crippen molar-refractivity contribution in [3.63, 3.8) is 0 Å². The van der Waals surface area contributed by atoms with Gasteiger partial charge < -0.3 is 10.1 Å². The van der Waals surface area contributed by atoms with Crippen molar-refractivity contribution in [2.75, 3.05) is 13.2 Å². The highest BCUT2D eigenvalue weighted by Gasteiger charge is 2.39. The summed E-state index contributed by atoms with van der Waals surface area (Å²) in [6, 6.07) is 1.78. The summed E-state index contributed by atoms with van der Waals surface area (Å²) in [7, 11) is 0. The van der Waals surface area contributed by atoms with Crippen LogP contribution in [0.2, 0.25) is 0 Å². The fourth-order valence-corrected chi connectivity index (χ4v) is 3.45. The number of H-pyrrole nitrogens is 1. The minimum Gasteiger partial charge on any atom is -0.381 e. The van der Waals surface area contributed by atoms with Crippen LogP contribution >= 0.6 is 0 Å². The lowest BCUT2D eigenvalue weighted by Crippen LogP contribution is -2.50. The summed E-state index contributed by atoms with van der Waals surface area (Å²) in [5, 5.41) is 10.4. The number of carbonyl (C=O) groups excluding carboxylic acids is 1. The Bertz CT molecular complexity index is 707. The van der Waals surface area contributed by atoms with E-state index >= 15 is 0 Å². The van der Waals surface area contributed by atoms with Gasteiger partial charge in [-0.1, -0.05) is 0 Å². The monoisotopic (exact) mass is 313 g/mol. The predicted octanol–water partition coefficient (Wildman–Crippen LogP) is 1.12. The number of aromatic nitrogens is 4. The van der Waals surface area contributed by atoms with Crippen molar-refractivity contribution in [2.45, 2.75) is 37.6 Å². The molecule has 0 radical (unpaired) electrons. The third kappa shape index (κ3) is 2.50. The summed E-state index contributed by atoms with van der Waals surface area (Å²) in [4.78, 5) is 21.6. The molecule has 2 aromatic heterocycles. The van der Waals surface area contributed by atoms with Crippen LogP contribution in [0.25, 0.3) is 0 Å². The van der Waals surface area contributed by atoms with Crippen LogP contribution in [0.15, 0.2) is 18.5 Å². The van der Waals surface area contributed by atoms with Crippen LogP contribution in [0.3, 0.4) is 0 Å². The van der Waals surface area contributed by atoms with E-state index in [2.05, 4.69) is 25.5 Å². The molecule has 0 bridgehead atoms. The average Bonchev–Trinajstić information content (AvgIpc) is 3.19. The first kappa shape index (κ1) is 14.3. The van der Waals surface area contributed by atoms with E-state index in [0.717, 1.165) is 30.5 Å². The summed E-state index contributed by atoms with van der Waals surface area (Å²) in [6.45, 7) is 1.16. The van der Waals surface area contributed by atoms with Gasteiger partial charge in [0.1, 0.15) is 5.54 Å². The van der Waals surface area contributed by atoms with Crippen LogP contribution in [-0.2, 0) is 23.1 Å². The van der Waals surface area contributed by atoms with Gasteiger partial charge in [-0.05, 0) is 25.3 Å². The number of nitrogens with zero attached hydrogens (tertiary/aromatic N) is 3. The first-order valence-electron chi connectivity index (χ1n) is 8.02. The van der Waals surface area contributed by atoms with Crippen molar-refractivity contribution >= 4 is 5.91 Å². The summed E-state index contributed by atoms with van der Waals surface area (Å²) in [5.41, 5.74) is 2.08. The second kappa shape index (κ2) is 5.73. The summed E-state index contributed by atoms with van der Waals surface area (Å²) < 4.78 is 5.46. The number of nitrogens with one attached hydrogen (secondary N) is 2. The number of aromatic amines is 1. The van der Waals surface area contributed by atoms with Gasteiger partial charge in [-0.3, -0.25) is 9.89 Å². The van der Waals surface area contributed by atoms with Crippen LogP contribution in [-0.4, -0.2) is 39.3 Å². The van der Waals surface area contributed by atoms with Crippen LogP contribution in [0.1, 0.15) is 46.8 Å². The van der Waals surface area contributed by atoms with Gasteiger partial charge >= 0.3 is 0 Å². The summed E-state index contributed by atoms with van der Waals surface area (Å²) in [6.07, 6.45) is 7.69. The largest absolute Gasteiger partial charge is 0.381 e. The van der Waals surface area contributed by atoms with Crippen molar-refractivity contribution in [1.82, 2.24) is 25.5 Å². The zero-order chi connectivity index (χ0) is 15.7. The molecule has 1 aliphatic carbocycles. The molecular formula is C16H19N5O2. The molecule has 1 fully saturated rings. The minimum absolute atomic E-state index is 0.154. The quantitative estimate of drug-likeness (QED) is 0.886. The van der Waals surface area contributed by atoms with Gasteiger partial charge in [-0.15, -0.1) is 0 Å². The Morgan fingerprint density at radius 3 is 2.78 bits per heavy atom. The van der Waals surface area contributed by atoms with Crippen LogP contribution in [0, 0.1) is 0 Å². The molecule has 2 N–H and O–H groups in total. The van der Waals surface area contributed by atoms with E-state index in [1.807, 2.05) is 0 Å². The molecule has 0 spiro atoms. The number of amides is 1. The SMILES string of the molecule is O=C(NC1(c2ncccn2)CCOCC1)c1n[nH]c2c1CCC2. The molecule has 2 aliphatic rings. The number of rotatable bonds is 3. The molecule has 1 saturated heterocycles. The van der Waals surface area contributed by atoms with Crippen molar-refractivity contribution in [3.05, 3.63) is 41.2 Å². The Labute approximate surface area is 133 Å². The molecule has 23 heavy (non-hydrogen) atoms. The van der Waals surface area contributed by atoms with Crippen LogP contribution in [0.4, 0.5) is 0 Å². The zero-order valence-electron chi connectivity index (χ0n) is 12.8. The number of carbonyl (C=O) groups is 1. The maximum absolute atomic E-state index is 12.8. The molecule has 3 heterocycles. The van der Waals surface area contributed by atoms with Gasteiger partial charge in [0.2, 0.25) is 0 Å². The Morgan fingerprint density at radius 1 is 1.22 bits per heavy atom. The number of hydrogen-bond donors (Lipinski definition) is 2. The maximum atomic E-state index is 12.8. The minimum atomic E-state index is -0.582. The van der Waals surface area contributed by atoms with Gasteiger partial charge in [-0.2, -0.15) is 5.10 Å². The third-order valence-corrected chi connectivity index (χ3v) is 4.71. The van der Waals surface area contributed by atoms with E-state index in [1.54, 1.807) is 18.5 Å². The molecule has 1 amide bonds. The Hall–Kier alpha value is -2.28. The molecule has 4 rings (SSSR count). The highest BCUT2D eigenvalue weighted by atomic mass is 16.5. The molecule has 2 aromatic rings. The molecule has 0 atom stereocenters. The summed E-state index contributed by atoms with van der Waals surface area (Å²) in [5.74, 6) is 0.489. The van der Waals surface area contributed by atoms with E-state index in [1.165, 1.54) is 0 Å². The average molecular weight is 313 g/mol. The van der Waals surface area contributed by atoms with Crippen molar-refractivity contribution in [3.8, 4) is 0 Å². The first-order chi connectivity index (χ1) is 11.3. The van der Waals surface area contributed by atoms with E-state index in [4.69, 9.17) is 4.74 Å². The fourth-order valence-electron chi connectivity index (χ4n) is 3.45. The van der Waals surface area contributed by atoms with Crippen molar-refractivity contribution in [2.24, 2.45) is 0 Å². The van der Waals surface area contributed by atoms with E-state index in [-0.39, 0.29) is 5.91 Å². The number of hydrogen-bond acceptors (Lipinski definition) is 5. The van der Waals surface area contributed by atoms with E-state index in [9.17, 15) is 4.79 Å². The maximum Gasteiger partial charge on any atom is 0.272 e. The standard InChI is InChI=1S/C16H19N5O2/c22-14(13-11-3-1-4-12(11)20-21-13)19-16(5-9-23-10-6-16)15-17-7-2-8-18-15/h2,7-8H,1,3-6,9-10H2,(H,19,22)(H,20,21). The van der Waals surface area contributed by atoms with Crippen LogP contribution < -0.4 is 5.32 Å². The molecular weight excluding hydrogens is 294 g/mol. The molecule has 7 nitrogen and oxygen atoms in total. The normalized spacial score (nSPS) is 19.3. The molecule has 1 aliphatic heterocycles. The molecule has 7 heteroatoms. The number of aryl methyl sites for hydroxylation is 1. The van der Waals surface area contributed by atoms with Gasteiger partial charge in [0.05, 0.1) is 0 Å². The second-order valence-electron chi connectivity index (χ2n) is 6.10. The molecule has 0 unspecified atom stereocenters. The zero-order valence-corrected chi connectivity index (χ0v) is 12.8. The lowest BCUT2D eigenvalue weighted by Gasteiger charge is -2.36. The first-order valence-corrected chi connectivity index (χ1v) is 8.02. The lowest BCUT2D eigenvalue weighted by molar-refractivity contribution is 0.0311. The van der Waals surface area contributed by atoms with Crippen molar-refractivity contribution in [1.29, 1.82) is 0 Å². The van der Waals surface area contributed by atoms with E-state index < -0.39 is 5.54 Å². The van der Waals surface area contributed by atoms with Crippen molar-refractivity contribution < 1.29 is 9.53 Å². The van der Waals surface area contributed by atoms with Gasteiger partial charge in [0.15, 0.2) is 11.5 Å². The fraction of sp³-hybridized carbons (Fsp3) is 0.500. The van der Waals surface area contributed by atoms with Gasteiger partial charge in [0, 0.05) is 49.7 Å². The predicted molar refractivity (Wildman–Crippen MR) is 81.8 cm³/mol. The Kier molecular flexibility index (Phi) is 3.57. The molecule has 0 saturated carbocycles. The topological polar surface area (TPSA) is 92.8 Å². The van der Waals surface area contributed by atoms with Gasteiger partial charge in [-0.25, -0.2) is 9.97 Å². The third-order valence-electron chi connectivity index (χ3n) is 4.71. The molecule has 0 aromatic carbocycles. The summed E-state index contributed by atoms with van der Waals surface area (Å²) >= 11 is 0. The number of fused-ring (bicyclic) bond motifs is 1. The van der Waals surface area contributed by atoms with Crippen LogP contribution in [0.5, 0.6) is 0 Å². The molecule has 120 valence electrons. The highest BCUT2D eigenvalue weighted by Crippen LogP contribution is 2.31. The lowest BCUT2D eigenvalue weighted by atomic mass is 9.88. The second-order valence-corrected chi connectivity index (χ2v) is 6.10.